The summed E-state index contributed by atoms with van der Waals surface area (Å²) in [6, 6.07) is 9.66. The van der Waals surface area contributed by atoms with E-state index in [2.05, 4.69) is 10.0 Å². The summed E-state index contributed by atoms with van der Waals surface area (Å²) in [4.78, 5) is 10.6. The monoisotopic (exact) mass is 398 g/mol. The quantitative estimate of drug-likeness (QED) is 0.767. The Morgan fingerprint density at radius 3 is 2.12 bits per heavy atom. The van der Waals surface area contributed by atoms with E-state index < -0.39 is 25.8 Å². The fourth-order valence-electron chi connectivity index (χ4n) is 2.21. The van der Waals surface area contributed by atoms with Crippen LogP contribution in [0.3, 0.4) is 0 Å². The molecule has 2 N–H and O–H groups in total. The fraction of sp³-hybridized carbons (Fsp3) is 0.188. The van der Waals surface area contributed by atoms with Crippen LogP contribution in [0.25, 0.3) is 0 Å². The lowest BCUT2D eigenvalue weighted by molar-refractivity contribution is -0.114. The van der Waals surface area contributed by atoms with Gasteiger partial charge in [0.05, 0.1) is 23.4 Å². The molecule has 0 unspecified atom stereocenters. The van der Waals surface area contributed by atoms with Gasteiger partial charge in [-0.15, -0.1) is 0 Å². The minimum Gasteiger partial charge on any atom is -0.497 e. The van der Waals surface area contributed by atoms with Gasteiger partial charge in [0.25, 0.3) is 10.0 Å². The van der Waals surface area contributed by atoms with Gasteiger partial charge in [-0.2, -0.15) is 0 Å². The first kappa shape index (κ1) is 19.7. The van der Waals surface area contributed by atoms with Crippen LogP contribution in [0.15, 0.2) is 52.3 Å². The van der Waals surface area contributed by atoms with Crippen LogP contribution in [-0.4, -0.2) is 36.1 Å². The van der Waals surface area contributed by atoms with Crippen LogP contribution >= 0.6 is 0 Å². The third-order valence-electron chi connectivity index (χ3n) is 3.32. The predicted molar refractivity (Wildman–Crippen MR) is 97.7 cm³/mol. The van der Waals surface area contributed by atoms with Crippen LogP contribution in [0.2, 0.25) is 0 Å². The summed E-state index contributed by atoms with van der Waals surface area (Å²) in [5, 5.41) is 2.50. The molecule has 140 valence electrons. The van der Waals surface area contributed by atoms with E-state index in [1.807, 2.05) is 0 Å². The van der Waals surface area contributed by atoms with Crippen LogP contribution in [0.1, 0.15) is 6.92 Å². The molecule has 0 saturated carbocycles. The molecule has 0 aliphatic heterocycles. The van der Waals surface area contributed by atoms with E-state index in [1.54, 1.807) is 6.07 Å². The molecule has 0 bridgehead atoms. The number of benzene rings is 2. The molecule has 0 aromatic heterocycles. The number of carbonyl (C=O) groups is 1. The first-order valence-corrected chi connectivity index (χ1v) is 10.7. The Labute approximate surface area is 152 Å². The molecule has 0 heterocycles. The first-order chi connectivity index (χ1) is 12.0. The third-order valence-corrected chi connectivity index (χ3v) is 6.03. The Morgan fingerprint density at radius 1 is 0.962 bits per heavy atom. The Kier molecular flexibility index (Phi) is 5.57. The topological polar surface area (TPSA) is 119 Å². The summed E-state index contributed by atoms with van der Waals surface area (Å²) in [6.45, 7) is 1.28. The van der Waals surface area contributed by atoms with Gasteiger partial charge in [0.2, 0.25) is 5.91 Å². The second-order valence-electron chi connectivity index (χ2n) is 5.42. The Balaban J connectivity index is 2.56. The largest absolute Gasteiger partial charge is 0.497 e. The molecule has 10 heteroatoms. The molecule has 2 aromatic rings. The molecule has 0 saturated heterocycles. The smallest absolute Gasteiger partial charge is 0.263 e. The number of amides is 1. The van der Waals surface area contributed by atoms with Crippen molar-refractivity contribution < 1.29 is 26.4 Å². The Morgan fingerprint density at radius 2 is 1.58 bits per heavy atom. The van der Waals surface area contributed by atoms with E-state index in [9.17, 15) is 21.6 Å². The number of ether oxygens (including phenoxy) is 1. The number of nitrogens with one attached hydrogen (secondary N) is 2. The molecular weight excluding hydrogens is 380 g/mol. The molecule has 0 atom stereocenters. The molecule has 0 aliphatic carbocycles. The lowest BCUT2D eigenvalue weighted by Crippen LogP contribution is -2.18. The highest BCUT2D eigenvalue weighted by Gasteiger charge is 2.24. The van der Waals surface area contributed by atoms with Gasteiger partial charge in [0.1, 0.15) is 10.6 Å². The minimum atomic E-state index is -4.25. The molecule has 0 radical (unpaired) electrons. The zero-order valence-electron chi connectivity index (χ0n) is 14.3. The zero-order chi connectivity index (χ0) is 19.5. The van der Waals surface area contributed by atoms with E-state index in [0.29, 0.717) is 5.75 Å². The average molecular weight is 398 g/mol. The second-order valence-corrected chi connectivity index (χ2v) is 9.05. The zero-order valence-corrected chi connectivity index (χ0v) is 15.9. The lowest BCUT2D eigenvalue weighted by Gasteiger charge is -2.15. The van der Waals surface area contributed by atoms with Crippen LogP contribution in [0, 0.1) is 0 Å². The van der Waals surface area contributed by atoms with Crippen LogP contribution in [0.5, 0.6) is 5.75 Å². The SMILES string of the molecule is COc1ccc(NC(C)=O)c(NS(=O)(=O)c2ccccc2S(C)(=O)=O)c1. The molecular formula is C16H18N2O6S2. The highest BCUT2D eigenvalue weighted by molar-refractivity contribution is 7.95. The van der Waals surface area contributed by atoms with Crippen molar-refractivity contribution in [1.82, 2.24) is 0 Å². The molecule has 0 aliphatic rings. The van der Waals surface area contributed by atoms with Crippen molar-refractivity contribution in [2.24, 2.45) is 0 Å². The maximum absolute atomic E-state index is 12.8. The summed E-state index contributed by atoms with van der Waals surface area (Å²) in [7, 11) is -6.60. The second kappa shape index (κ2) is 7.34. The number of methoxy groups -OCH3 is 1. The molecule has 2 aromatic carbocycles. The standard InChI is InChI=1S/C16H18N2O6S2/c1-11(19)17-13-9-8-12(24-2)10-14(13)18-26(22,23)16-7-5-4-6-15(16)25(3,20)21/h4-10,18H,1-3H3,(H,17,19). The lowest BCUT2D eigenvalue weighted by atomic mass is 10.2. The Hall–Kier alpha value is -2.59. The maximum atomic E-state index is 12.8. The number of hydrogen-bond acceptors (Lipinski definition) is 6. The van der Waals surface area contributed by atoms with Crippen molar-refractivity contribution in [1.29, 1.82) is 0 Å². The highest BCUT2D eigenvalue weighted by atomic mass is 32.2. The summed E-state index contributed by atoms with van der Waals surface area (Å²) in [6.07, 6.45) is 0.926. The van der Waals surface area contributed by atoms with Gasteiger partial charge in [-0.3, -0.25) is 9.52 Å². The van der Waals surface area contributed by atoms with Gasteiger partial charge < -0.3 is 10.1 Å². The van der Waals surface area contributed by atoms with E-state index >= 15 is 0 Å². The number of sulfonamides is 1. The normalized spacial score (nSPS) is 11.7. The van der Waals surface area contributed by atoms with E-state index in [1.165, 1.54) is 50.4 Å². The molecule has 26 heavy (non-hydrogen) atoms. The number of carbonyl (C=O) groups excluding carboxylic acids is 1. The van der Waals surface area contributed by atoms with Crippen molar-refractivity contribution in [3.8, 4) is 5.75 Å². The summed E-state index contributed by atoms with van der Waals surface area (Å²) in [5.41, 5.74) is 0.251. The molecule has 1 amide bonds. The fourth-order valence-corrected chi connectivity index (χ4v) is 4.91. The van der Waals surface area contributed by atoms with Crippen molar-refractivity contribution in [3.63, 3.8) is 0 Å². The first-order valence-electron chi connectivity index (χ1n) is 7.32. The molecule has 0 spiro atoms. The van der Waals surface area contributed by atoms with Gasteiger partial charge in [-0.25, -0.2) is 16.8 Å². The van der Waals surface area contributed by atoms with Crippen molar-refractivity contribution in [2.75, 3.05) is 23.4 Å². The Bertz CT molecular complexity index is 1050. The van der Waals surface area contributed by atoms with Crippen molar-refractivity contribution in [3.05, 3.63) is 42.5 Å². The summed E-state index contributed by atoms with van der Waals surface area (Å²) in [5.74, 6) is -0.0413. The predicted octanol–water partition coefficient (Wildman–Crippen LogP) is 1.86. The maximum Gasteiger partial charge on any atom is 0.263 e. The van der Waals surface area contributed by atoms with E-state index in [4.69, 9.17) is 4.74 Å². The molecule has 0 fully saturated rings. The van der Waals surface area contributed by atoms with Gasteiger partial charge in [-0.05, 0) is 24.3 Å². The third kappa shape index (κ3) is 4.52. The summed E-state index contributed by atoms with van der Waals surface area (Å²) < 4.78 is 56.7. The van der Waals surface area contributed by atoms with Crippen LogP contribution in [0.4, 0.5) is 11.4 Å². The van der Waals surface area contributed by atoms with Gasteiger partial charge in [0.15, 0.2) is 9.84 Å². The number of anilines is 2. The van der Waals surface area contributed by atoms with Gasteiger partial charge in [-0.1, -0.05) is 12.1 Å². The number of hydrogen-bond donors (Lipinski definition) is 2. The van der Waals surface area contributed by atoms with Gasteiger partial charge in [0, 0.05) is 19.2 Å². The minimum absolute atomic E-state index is 0.0443. The molecule has 2 rings (SSSR count). The van der Waals surface area contributed by atoms with E-state index in [-0.39, 0.29) is 21.2 Å². The van der Waals surface area contributed by atoms with E-state index in [0.717, 1.165) is 6.26 Å². The number of rotatable bonds is 6. The highest BCUT2D eigenvalue weighted by Crippen LogP contribution is 2.30. The van der Waals surface area contributed by atoms with Gasteiger partial charge >= 0.3 is 0 Å². The van der Waals surface area contributed by atoms with Crippen molar-refractivity contribution in [2.45, 2.75) is 16.7 Å². The van der Waals surface area contributed by atoms with Crippen molar-refractivity contribution >= 4 is 37.1 Å². The average Bonchev–Trinajstić information content (AvgIpc) is 2.55. The van der Waals surface area contributed by atoms with Crippen LogP contribution in [-0.2, 0) is 24.7 Å². The molecule has 8 nitrogen and oxygen atoms in total. The van der Waals surface area contributed by atoms with Crippen LogP contribution < -0.4 is 14.8 Å². The summed E-state index contributed by atoms with van der Waals surface area (Å²) >= 11 is 0. The number of sulfone groups is 1.